The molecule has 0 fully saturated rings. The average molecular weight is 317 g/mol. The molecule has 1 nitrogen and oxygen atoms in total. The van der Waals surface area contributed by atoms with E-state index in [0.29, 0.717) is 17.8 Å². The Hall–Kier alpha value is -2.15. The second-order valence-electron chi connectivity index (χ2n) is 7.52. The summed E-state index contributed by atoms with van der Waals surface area (Å²) in [5, 5.41) is 2.52. The molecule has 0 saturated heterocycles. The number of fused-ring (bicyclic) bond motifs is 1. The van der Waals surface area contributed by atoms with Crippen LogP contribution in [0.3, 0.4) is 0 Å². The third-order valence-electron chi connectivity index (χ3n) is 4.90. The van der Waals surface area contributed by atoms with Gasteiger partial charge in [0, 0.05) is 17.1 Å². The average Bonchev–Trinajstić information content (AvgIpc) is 2.53. The SMILES string of the molecule is Cc1cccc(-c2nccc3cc(C(C(C)C)C(C)C)ccc23)c1. The highest BCUT2D eigenvalue weighted by Crippen LogP contribution is 2.35. The second-order valence-corrected chi connectivity index (χ2v) is 7.52. The summed E-state index contributed by atoms with van der Waals surface area (Å²) >= 11 is 0. The van der Waals surface area contributed by atoms with Crippen LogP contribution >= 0.6 is 0 Å². The van der Waals surface area contributed by atoms with Gasteiger partial charge in [-0.25, -0.2) is 0 Å². The Kier molecular flexibility index (Phi) is 4.71. The van der Waals surface area contributed by atoms with E-state index in [9.17, 15) is 0 Å². The zero-order valence-electron chi connectivity index (χ0n) is 15.4. The Morgan fingerprint density at radius 1 is 0.833 bits per heavy atom. The third kappa shape index (κ3) is 3.21. The molecule has 2 aromatic carbocycles. The second kappa shape index (κ2) is 6.76. The molecule has 0 saturated carbocycles. The molecule has 0 amide bonds. The highest BCUT2D eigenvalue weighted by atomic mass is 14.7. The lowest BCUT2D eigenvalue weighted by atomic mass is 9.79. The van der Waals surface area contributed by atoms with Crippen molar-refractivity contribution in [3.05, 3.63) is 65.9 Å². The standard InChI is InChI=1S/C23H27N/c1-15(2)22(16(3)4)19-9-10-21-18(14-19)11-12-24-23(21)20-8-6-7-17(5)13-20/h6-16,22H,1-5H3. The lowest BCUT2D eigenvalue weighted by Crippen LogP contribution is -2.13. The van der Waals surface area contributed by atoms with Crippen molar-refractivity contribution in [2.75, 3.05) is 0 Å². The van der Waals surface area contributed by atoms with Gasteiger partial charge in [0.1, 0.15) is 0 Å². The summed E-state index contributed by atoms with van der Waals surface area (Å²) in [6.45, 7) is 11.4. The lowest BCUT2D eigenvalue weighted by molar-refractivity contribution is 0.388. The molecule has 1 heteroatoms. The normalized spacial score (nSPS) is 11.8. The molecule has 0 atom stereocenters. The van der Waals surface area contributed by atoms with Gasteiger partial charge in [0.05, 0.1) is 5.69 Å². The van der Waals surface area contributed by atoms with Crippen molar-refractivity contribution in [2.45, 2.75) is 40.5 Å². The quantitative estimate of drug-likeness (QED) is 0.528. The van der Waals surface area contributed by atoms with Crippen LogP contribution in [0.2, 0.25) is 0 Å². The van der Waals surface area contributed by atoms with Crippen molar-refractivity contribution < 1.29 is 0 Å². The van der Waals surface area contributed by atoms with Crippen molar-refractivity contribution in [3.63, 3.8) is 0 Å². The molecular formula is C23H27N. The molecule has 0 aliphatic heterocycles. The minimum Gasteiger partial charge on any atom is -0.256 e. The van der Waals surface area contributed by atoms with Gasteiger partial charge < -0.3 is 0 Å². The molecular weight excluding hydrogens is 290 g/mol. The van der Waals surface area contributed by atoms with Crippen LogP contribution in [0.25, 0.3) is 22.0 Å². The Balaban J connectivity index is 2.13. The minimum absolute atomic E-state index is 0.588. The lowest BCUT2D eigenvalue weighted by Gasteiger charge is -2.25. The molecule has 124 valence electrons. The number of benzene rings is 2. The maximum atomic E-state index is 4.66. The zero-order valence-corrected chi connectivity index (χ0v) is 15.4. The van der Waals surface area contributed by atoms with Crippen molar-refractivity contribution in [3.8, 4) is 11.3 Å². The van der Waals surface area contributed by atoms with Crippen LogP contribution < -0.4 is 0 Å². The molecule has 0 spiro atoms. The van der Waals surface area contributed by atoms with Crippen LogP contribution in [-0.2, 0) is 0 Å². The first kappa shape index (κ1) is 16.7. The van der Waals surface area contributed by atoms with Crippen molar-refractivity contribution in [1.82, 2.24) is 4.98 Å². The van der Waals surface area contributed by atoms with Gasteiger partial charge in [-0.1, -0.05) is 69.7 Å². The van der Waals surface area contributed by atoms with Gasteiger partial charge in [0.2, 0.25) is 0 Å². The van der Waals surface area contributed by atoms with Gasteiger partial charge in [-0.05, 0) is 47.8 Å². The highest BCUT2D eigenvalue weighted by Gasteiger charge is 2.20. The summed E-state index contributed by atoms with van der Waals surface area (Å²) in [4.78, 5) is 4.66. The first-order chi connectivity index (χ1) is 11.5. The number of aryl methyl sites for hydroxylation is 1. The Labute approximate surface area is 145 Å². The Morgan fingerprint density at radius 3 is 2.25 bits per heavy atom. The first-order valence-electron chi connectivity index (χ1n) is 8.93. The van der Waals surface area contributed by atoms with Crippen LogP contribution in [0.5, 0.6) is 0 Å². The summed E-state index contributed by atoms with van der Waals surface area (Å²) in [6.07, 6.45) is 1.93. The van der Waals surface area contributed by atoms with E-state index in [4.69, 9.17) is 0 Å². The maximum Gasteiger partial charge on any atom is 0.0780 e. The summed E-state index contributed by atoms with van der Waals surface area (Å²) in [6, 6.07) is 17.6. The maximum absolute atomic E-state index is 4.66. The molecule has 0 bridgehead atoms. The topological polar surface area (TPSA) is 12.9 Å². The predicted octanol–water partition coefficient (Wildman–Crippen LogP) is 6.61. The largest absolute Gasteiger partial charge is 0.256 e. The Bertz CT molecular complexity index is 838. The van der Waals surface area contributed by atoms with E-state index in [-0.39, 0.29) is 0 Å². The molecule has 3 aromatic rings. The van der Waals surface area contributed by atoms with Gasteiger partial charge in [0.25, 0.3) is 0 Å². The van der Waals surface area contributed by atoms with Gasteiger partial charge in [-0.15, -0.1) is 0 Å². The molecule has 24 heavy (non-hydrogen) atoms. The van der Waals surface area contributed by atoms with Crippen LogP contribution in [0.15, 0.2) is 54.7 Å². The zero-order chi connectivity index (χ0) is 17.3. The summed E-state index contributed by atoms with van der Waals surface area (Å²) in [5.74, 6) is 1.87. The predicted molar refractivity (Wildman–Crippen MR) is 104 cm³/mol. The van der Waals surface area contributed by atoms with E-state index in [2.05, 4.69) is 88.1 Å². The molecule has 0 unspecified atom stereocenters. The number of rotatable bonds is 4. The number of pyridine rings is 1. The molecule has 3 rings (SSSR count). The fourth-order valence-corrected chi connectivity index (χ4v) is 3.97. The number of hydrogen-bond acceptors (Lipinski definition) is 1. The number of hydrogen-bond donors (Lipinski definition) is 0. The van der Waals surface area contributed by atoms with E-state index in [1.807, 2.05) is 6.20 Å². The Morgan fingerprint density at radius 2 is 1.58 bits per heavy atom. The summed E-state index contributed by atoms with van der Waals surface area (Å²) in [5.41, 5.74) is 4.97. The van der Waals surface area contributed by atoms with Crippen LogP contribution in [0.4, 0.5) is 0 Å². The van der Waals surface area contributed by atoms with Gasteiger partial charge >= 0.3 is 0 Å². The molecule has 1 aromatic heterocycles. The fourth-order valence-electron chi connectivity index (χ4n) is 3.97. The summed E-state index contributed by atoms with van der Waals surface area (Å²) < 4.78 is 0. The van der Waals surface area contributed by atoms with E-state index in [0.717, 1.165) is 5.69 Å². The van der Waals surface area contributed by atoms with Crippen LogP contribution in [-0.4, -0.2) is 4.98 Å². The molecule has 0 N–H and O–H groups in total. The van der Waals surface area contributed by atoms with E-state index >= 15 is 0 Å². The van der Waals surface area contributed by atoms with Gasteiger partial charge in [-0.2, -0.15) is 0 Å². The van der Waals surface area contributed by atoms with E-state index in [1.165, 1.54) is 27.5 Å². The van der Waals surface area contributed by atoms with E-state index in [1.54, 1.807) is 0 Å². The van der Waals surface area contributed by atoms with Gasteiger partial charge in [0.15, 0.2) is 0 Å². The molecule has 0 radical (unpaired) electrons. The third-order valence-corrected chi connectivity index (χ3v) is 4.90. The molecule has 0 aliphatic carbocycles. The van der Waals surface area contributed by atoms with E-state index < -0.39 is 0 Å². The monoisotopic (exact) mass is 317 g/mol. The van der Waals surface area contributed by atoms with Crippen LogP contribution in [0.1, 0.15) is 44.7 Å². The van der Waals surface area contributed by atoms with Crippen molar-refractivity contribution in [2.24, 2.45) is 11.8 Å². The summed E-state index contributed by atoms with van der Waals surface area (Å²) in [7, 11) is 0. The highest BCUT2D eigenvalue weighted by molar-refractivity contribution is 5.94. The fraction of sp³-hybridized carbons (Fsp3) is 0.348. The minimum atomic E-state index is 0.588. The molecule has 0 aliphatic rings. The van der Waals surface area contributed by atoms with Crippen molar-refractivity contribution in [1.29, 1.82) is 0 Å². The van der Waals surface area contributed by atoms with Crippen LogP contribution in [0, 0.1) is 18.8 Å². The van der Waals surface area contributed by atoms with Crippen molar-refractivity contribution >= 4 is 10.8 Å². The first-order valence-corrected chi connectivity index (χ1v) is 8.93. The number of nitrogens with zero attached hydrogens (tertiary/aromatic N) is 1. The number of aromatic nitrogens is 1. The smallest absolute Gasteiger partial charge is 0.0780 e. The van der Waals surface area contributed by atoms with Gasteiger partial charge in [-0.3, -0.25) is 4.98 Å². The molecule has 1 heterocycles.